The summed E-state index contributed by atoms with van der Waals surface area (Å²) >= 11 is 5.87. The fourth-order valence-corrected chi connectivity index (χ4v) is 2.71. The van der Waals surface area contributed by atoms with E-state index >= 15 is 0 Å². The number of benzene rings is 2. The third-order valence-electron chi connectivity index (χ3n) is 3.91. The van der Waals surface area contributed by atoms with E-state index in [1.807, 2.05) is 61.5 Å². The van der Waals surface area contributed by atoms with E-state index in [-0.39, 0.29) is 5.91 Å². The first-order valence-electron chi connectivity index (χ1n) is 8.42. The number of pyridine rings is 1. The van der Waals surface area contributed by atoms with Gasteiger partial charge in [-0.15, -0.1) is 0 Å². The standard InChI is InChI=1S/C21H20ClN3O/c1-15-3-2-4-18(13-15)25-19-10-12-23-20(14-19)21(26)24-11-9-16-5-7-17(22)8-6-16/h2-8,10,12-14H,9,11H2,1H3,(H,23,25)(H,24,26). The molecule has 0 saturated carbocycles. The second kappa shape index (κ2) is 8.50. The van der Waals surface area contributed by atoms with Crippen LogP contribution in [0.4, 0.5) is 11.4 Å². The second-order valence-electron chi connectivity index (χ2n) is 6.06. The fraction of sp³-hybridized carbons (Fsp3) is 0.143. The number of hydrogen-bond donors (Lipinski definition) is 2. The summed E-state index contributed by atoms with van der Waals surface area (Å²) in [5, 5.41) is 6.90. The number of nitrogens with zero attached hydrogens (tertiary/aromatic N) is 1. The normalized spacial score (nSPS) is 10.4. The Morgan fingerprint density at radius 2 is 1.81 bits per heavy atom. The van der Waals surface area contributed by atoms with Crippen molar-refractivity contribution in [2.24, 2.45) is 0 Å². The monoisotopic (exact) mass is 365 g/mol. The van der Waals surface area contributed by atoms with E-state index in [9.17, 15) is 4.79 Å². The first kappa shape index (κ1) is 18.0. The van der Waals surface area contributed by atoms with Gasteiger partial charge in [0.05, 0.1) is 0 Å². The lowest BCUT2D eigenvalue weighted by atomic mass is 10.1. The van der Waals surface area contributed by atoms with Gasteiger partial charge < -0.3 is 10.6 Å². The summed E-state index contributed by atoms with van der Waals surface area (Å²) in [6.07, 6.45) is 2.37. The Bertz CT molecular complexity index is 894. The van der Waals surface area contributed by atoms with Crippen LogP contribution in [0.3, 0.4) is 0 Å². The lowest BCUT2D eigenvalue weighted by Crippen LogP contribution is -2.26. The molecule has 1 heterocycles. The topological polar surface area (TPSA) is 54.0 Å². The van der Waals surface area contributed by atoms with Crippen molar-refractivity contribution in [1.29, 1.82) is 0 Å². The van der Waals surface area contributed by atoms with Crippen LogP contribution in [0.15, 0.2) is 66.9 Å². The lowest BCUT2D eigenvalue weighted by molar-refractivity contribution is 0.0949. The second-order valence-corrected chi connectivity index (χ2v) is 6.49. The van der Waals surface area contributed by atoms with Crippen molar-refractivity contribution in [3.8, 4) is 0 Å². The molecule has 0 aliphatic carbocycles. The number of rotatable bonds is 6. The molecule has 0 saturated heterocycles. The minimum atomic E-state index is -0.188. The van der Waals surface area contributed by atoms with E-state index in [1.165, 1.54) is 5.56 Å². The summed E-state index contributed by atoms with van der Waals surface area (Å²) in [6, 6.07) is 19.3. The van der Waals surface area contributed by atoms with E-state index in [0.717, 1.165) is 23.4 Å². The summed E-state index contributed by atoms with van der Waals surface area (Å²) < 4.78 is 0. The number of amides is 1. The molecule has 0 atom stereocenters. The Morgan fingerprint density at radius 1 is 1.04 bits per heavy atom. The Balaban J connectivity index is 1.58. The Kier molecular flexibility index (Phi) is 5.87. The van der Waals surface area contributed by atoms with Gasteiger partial charge in [0.15, 0.2) is 0 Å². The average Bonchev–Trinajstić information content (AvgIpc) is 2.63. The number of carbonyl (C=O) groups is 1. The van der Waals surface area contributed by atoms with Crippen LogP contribution in [0.2, 0.25) is 5.02 Å². The molecular weight excluding hydrogens is 346 g/mol. The quantitative estimate of drug-likeness (QED) is 0.662. The van der Waals surface area contributed by atoms with E-state index in [4.69, 9.17) is 11.6 Å². The summed E-state index contributed by atoms with van der Waals surface area (Å²) in [5.41, 5.74) is 4.49. The van der Waals surface area contributed by atoms with E-state index in [0.29, 0.717) is 17.3 Å². The summed E-state index contributed by atoms with van der Waals surface area (Å²) in [6.45, 7) is 2.58. The van der Waals surface area contributed by atoms with Gasteiger partial charge in [0.25, 0.3) is 5.91 Å². The van der Waals surface area contributed by atoms with Gasteiger partial charge in [-0.25, -0.2) is 0 Å². The van der Waals surface area contributed by atoms with Gasteiger partial charge in [0.2, 0.25) is 0 Å². The maximum Gasteiger partial charge on any atom is 0.269 e. The van der Waals surface area contributed by atoms with Crippen LogP contribution < -0.4 is 10.6 Å². The molecule has 5 heteroatoms. The highest BCUT2D eigenvalue weighted by molar-refractivity contribution is 6.30. The molecule has 0 spiro atoms. The molecule has 26 heavy (non-hydrogen) atoms. The third-order valence-corrected chi connectivity index (χ3v) is 4.16. The molecule has 0 bridgehead atoms. The highest BCUT2D eigenvalue weighted by Crippen LogP contribution is 2.17. The van der Waals surface area contributed by atoms with Crippen molar-refractivity contribution in [1.82, 2.24) is 10.3 Å². The zero-order valence-electron chi connectivity index (χ0n) is 14.5. The van der Waals surface area contributed by atoms with E-state index < -0.39 is 0 Å². The Labute approximate surface area is 158 Å². The largest absolute Gasteiger partial charge is 0.355 e. The zero-order chi connectivity index (χ0) is 18.4. The van der Waals surface area contributed by atoms with Crippen LogP contribution >= 0.6 is 11.6 Å². The van der Waals surface area contributed by atoms with Crippen LogP contribution in [0, 0.1) is 6.92 Å². The number of anilines is 2. The lowest BCUT2D eigenvalue weighted by Gasteiger charge is -2.09. The molecular formula is C21H20ClN3O. The molecule has 0 radical (unpaired) electrons. The van der Waals surface area contributed by atoms with E-state index in [2.05, 4.69) is 15.6 Å². The minimum Gasteiger partial charge on any atom is -0.355 e. The maximum atomic E-state index is 12.3. The van der Waals surface area contributed by atoms with Crippen molar-refractivity contribution in [3.63, 3.8) is 0 Å². The smallest absolute Gasteiger partial charge is 0.269 e. The van der Waals surface area contributed by atoms with Crippen LogP contribution in [0.5, 0.6) is 0 Å². The van der Waals surface area contributed by atoms with Crippen molar-refractivity contribution >= 4 is 28.9 Å². The van der Waals surface area contributed by atoms with Gasteiger partial charge >= 0.3 is 0 Å². The van der Waals surface area contributed by atoms with E-state index in [1.54, 1.807) is 12.3 Å². The number of halogens is 1. The van der Waals surface area contributed by atoms with Crippen molar-refractivity contribution < 1.29 is 4.79 Å². The van der Waals surface area contributed by atoms with Crippen molar-refractivity contribution in [3.05, 3.63) is 88.7 Å². The Hall–Kier alpha value is -2.85. The summed E-state index contributed by atoms with van der Waals surface area (Å²) in [7, 11) is 0. The molecule has 4 nitrogen and oxygen atoms in total. The molecule has 1 amide bonds. The van der Waals surface area contributed by atoms with Crippen LogP contribution in [-0.2, 0) is 6.42 Å². The number of aromatic nitrogens is 1. The SMILES string of the molecule is Cc1cccc(Nc2ccnc(C(=O)NCCc3ccc(Cl)cc3)c2)c1. The van der Waals surface area contributed by atoms with Gasteiger partial charge in [-0.05, 0) is 60.9 Å². The molecule has 3 rings (SSSR count). The average molecular weight is 366 g/mol. The number of nitrogens with one attached hydrogen (secondary N) is 2. The van der Waals surface area contributed by atoms with Gasteiger partial charge in [0, 0.05) is 29.1 Å². The molecule has 3 aromatic rings. The van der Waals surface area contributed by atoms with Crippen LogP contribution in [0.25, 0.3) is 0 Å². The molecule has 132 valence electrons. The molecule has 2 aromatic carbocycles. The summed E-state index contributed by atoms with van der Waals surface area (Å²) in [5.74, 6) is -0.188. The van der Waals surface area contributed by atoms with Gasteiger partial charge in [-0.1, -0.05) is 35.9 Å². The number of hydrogen-bond acceptors (Lipinski definition) is 3. The minimum absolute atomic E-state index is 0.188. The highest BCUT2D eigenvalue weighted by Gasteiger charge is 2.08. The molecule has 1 aromatic heterocycles. The molecule has 0 fully saturated rings. The van der Waals surface area contributed by atoms with Gasteiger partial charge in [0.1, 0.15) is 5.69 Å². The predicted molar refractivity (Wildman–Crippen MR) is 106 cm³/mol. The first-order chi connectivity index (χ1) is 12.6. The molecule has 2 N–H and O–H groups in total. The van der Waals surface area contributed by atoms with Crippen molar-refractivity contribution in [2.45, 2.75) is 13.3 Å². The van der Waals surface area contributed by atoms with Crippen LogP contribution in [-0.4, -0.2) is 17.4 Å². The first-order valence-corrected chi connectivity index (χ1v) is 8.80. The van der Waals surface area contributed by atoms with Crippen LogP contribution in [0.1, 0.15) is 21.6 Å². The maximum absolute atomic E-state index is 12.3. The van der Waals surface area contributed by atoms with Gasteiger partial charge in [-0.3, -0.25) is 9.78 Å². The van der Waals surface area contributed by atoms with Gasteiger partial charge in [-0.2, -0.15) is 0 Å². The number of carbonyl (C=O) groups excluding carboxylic acids is 1. The molecule has 0 aliphatic rings. The van der Waals surface area contributed by atoms with Crippen molar-refractivity contribution in [2.75, 3.05) is 11.9 Å². The molecule has 0 aliphatic heterocycles. The fourth-order valence-electron chi connectivity index (χ4n) is 2.58. The predicted octanol–water partition coefficient (Wildman–Crippen LogP) is 4.76. The third kappa shape index (κ3) is 5.07. The summed E-state index contributed by atoms with van der Waals surface area (Å²) in [4.78, 5) is 16.5. The highest BCUT2D eigenvalue weighted by atomic mass is 35.5. The Morgan fingerprint density at radius 3 is 2.58 bits per heavy atom. The zero-order valence-corrected chi connectivity index (χ0v) is 15.3. The molecule has 0 unspecified atom stereocenters. The number of aryl methyl sites for hydroxylation is 1.